The SMILES string of the molecule is CCC1(O)C=CCC=C1. The van der Waals surface area contributed by atoms with Crippen molar-refractivity contribution in [3.63, 3.8) is 0 Å². The zero-order chi connectivity index (χ0) is 6.74. The molecule has 0 heterocycles. The van der Waals surface area contributed by atoms with Crippen molar-refractivity contribution in [2.24, 2.45) is 0 Å². The summed E-state index contributed by atoms with van der Waals surface area (Å²) in [5, 5.41) is 9.51. The van der Waals surface area contributed by atoms with Crippen LogP contribution in [0.5, 0.6) is 0 Å². The van der Waals surface area contributed by atoms with Gasteiger partial charge < -0.3 is 5.11 Å². The molecule has 0 radical (unpaired) electrons. The van der Waals surface area contributed by atoms with Gasteiger partial charge in [0.2, 0.25) is 0 Å². The maximum Gasteiger partial charge on any atom is 0.101 e. The molecule has 1 N–H and O–H groups in total. The summed E-state index contributed by atoms with van der Waals surface area (Å²) in [6, 6.07) is 0. The number of hydrogen-bond donors (Lipinski definition) is 1. The molecule has 0 unspecified atom stereocenters. The fourth-order valence-electron chi connectivity index (χ4n) is 0.914. The molecule has 1 aliphatic carbocycles. The molecule has 0 atom stereocenters. The first-order chi connectivity index (χ1) is 4.27. The Balaban J connectivity index is 2.67. The van der Waals surface area contributed by atoms with Gasteiger partial charge in [0.15, 0.2) is 0 Å². The molecule has 1 nitrogen and oxygen atoms in total. The molecule has 0 amide bonds. The van der Waals surface area contributed by atoms with Crippen LogP contribution in [0.3, 0.4) is 0 Å². The minimum atomic E-state index is -0.641. The molecule has 0 fully saturated rings. The topological polar surface area (TPSA) is 20.2 Å². The van der Waals surface area contributed by atoms with Crippen LogP contribution in [0.25, 0.3) is 0 Å². The second kappa shape index (κ2) is 2.36. The van der Waals surface area contributed by atoms with E-state index < -0.39 is 5.60 Å². The predicted octanol–water partition coefficient (Wildman–Crippen LogP) is 1.64. The summed E-state index contributed by atoms with van der Waals surface area (Å²) in [4.78, 5) is 0. The van der Waals surface area contributed by atoms with Gasteiger partial charge in [-0.2, -0.15) is 0 Å². The van der Waals surface area contributed by atoms with Crippen LogP contribution >= 0.6 is 0 Å². The molecule has 0 spiro atoms. The third kappa shape index (κ3) is 1.42. The van der Waals surface area contributed by atoms with E-state index in [0.29, 0.717) is 0 Å². The van der Waals surface area contributed by atoms with E-state index in [9.17, 15) is 5.11 Å². The molecule has 0 aliphatic heterocycles. The summed E-state index contributed by atoms with van der Waals surface area (Å²) in [5.74, 6) is 0. The molecule has 0 saturated heterocycles. The quantitative estimate of drug-likeness (QED) is 0.527. The first kappa shape index (κ1) is 6.56. The van der Waals surface area contributed by atoms with Gasteiger partial charge in [0.05, 0.1) is 0 Å². The van der Waals surface area contributed by atoms with Gasteiger partial charge in [-0.3, -0.25) is 0 Å². The van der Waals surface area contributed by atoms with Gasteiger partial charge in [-0.1, -0.05) is 31.2 Å². The van der Waals surface area contributed by atoms with Crippen LogP contribution < -0.4 is 0 Å². The Morgan fingerprint density at radius 1 is 1.44 bits per heavy atom. The molecule has 50 valence electrons. The van der Waals surface area contributed by atoms with E-state index in [1.165, 1.54) is 0 Å². The smallest absolute Gasteiger partial charge is 0.101 e. The number of hydrogen-bond acceptors (Lipinski definition) is 1. The van der Waals surface area contributed by atoms with E-state index in [1.807, 2.05) is 31.2 Å². The number of rotatable bonds is 1. The first-order valence-corrected chi connectivity index (χ1v) is 3.34. The highest BCUT2D eigenvalue weighted by Gasteiger charge is 2.16. The normalized spacial score (nSPS) is 22.4. The fourth-order valence-corrected chi connectivity index (χ4v) is 0.914. The standard InChI is InChI=1S/C8H12O/c1-2-8(9)6-4-3-5-7-8/h4-7,9H,2-3H2,1H3. The summed E-state index contributed by atoms with van der Waals surface area (Å²) >= 11 is 0. The van der Waals surface area contributed by atoms with Crippen molar-refractivity contribution in [1.29, 1.82) is 0 Å². The van der Waals surface area contributed by atoms with E-state index >= 15 is 0 Å². The first-order valence-electron chi connectivity index (χ1n) is 3.34. The van der Waals surface area contributed by atoms with Crippen molar-refractivity contribution in [1.82, 2.24) is 0 Å². The van der Waals surface area contributed by atoms with Crippen LogP contribution in [0.4, 0.5) is 0 Å². The van der Waals surface area contributed by atoms with E-state index in [0.717, 1.165) is 12.8 Å². The summed E-state index contributed by atoms with van der Waals surface area (Å²) in [5.41, 5.74) is -0.641. The number of aliphatic hydroxyl groups is 1. The molecule has 9 heavy (non-hydrogen) atoms. The van der Waals surface area contributed by atoms with Crippen LogP contribution in [0, 0.1) is 0 Å². The van der Waals surface area contributed by atoms with Crippen molar-refractivity contribution in [3.05, 3.63) is 24.3 Å². The van der Waals surface area contributed by atoms with Crippen LogP contribution in [0.1, 0.15) is 19.8 Å². The average Bonchev–Trinajstić information content (AvgIpc) is 1.90. The van der Waals surface area contributed by atoms with E-state index in [4.69, 9.17) is 0 Å². The summed E-state index contributed by atoms with van der Waals surface area (Å²) < 4.78 is 0. The third-order valence-electron chi connectivity index (χ3n) is 1.65. The second-order valence-electron chi connectivity index (χ2n) is 2.39. The predicted molar refractivity (Wildman–Crippen MR) is 38.1 cm³/mol. The van der Waals surface area contributed by atoms with Crippen molar-refractivity contribution in [2.75, 3.05) is 0 Å². The largest absolute Gasteiger partial charge is 0.382 e. The molecular formula is C8H12O. The molecule has 0 aromatic rings. The van der Waals surface area contributed by atoms with Gasteiger partial charge in [0.1, 0.15) is 5.60 Å². The summed E-state index contributed by atoms with van der Waals surface area (Å²) in [6.07, 6.45) is 9.41. The van der Waals surface area contributed by atoms with Crippen LogP contribution in [0.15, 0.2) is 24.3 Å². The van der Waals surface area contributed by atoms with Gasteiger partial charge >= 0.3 is 0 Å². The van der Waals surface area contributed by atoms with Gasteiger partial charge in [-0.25, -0.2) is 0 Å². The van der Waals surface area contributed by atoms with E-state index in [-0.39, 0.29) is 0 Å². The molecule has 1 rings (SSSR count). The third-order valence-corrected chi connectivity index (χ3v) is 1.65. The Kier molecular flexibility index (Phi) is 1.72. The van der Waals surface area contributed by atoms with Gasteiger partial charge in [-0.15, -0.1) is 0 Å². The molecular weight excluding hydrogens is 112 g/mol. The van der Waals surface area contributed by atoms with Crippen molar-refractivity contribution in [2.45, 2.75) is 25.4 Å². The lowest BCUT2D eigenvalue weighted by molar-refractivity contribution is 0.136. The minimum absolute atomic E-state index is 0.641. The lowest BCUT2D eigenvalue weighted by Crippen LogP contribution is -2.22. The maximum absolute atomic E-state index is 9.51. The highest BCUT2D eigenvalue weighted by Crippen LogP contribution is 2.17. The van der Waals surface area contributed by atoms with Crippen molar-refractivity contribution in [3.8, 4) is 0 Å². The van der Waals surface area contributed by atoms with Crippen LogP contribution in [-0.2, 0) is 0 Å². The molecule has 1 heteroatoms. The Labute approximate surface area is 55.7 Å². The van der Waals surface area contributed by atoms with Crippen molar-refractivity contribution < 1.29 is 5.11 Å². The van der Waals surface area contributed by atoms with E-state index in [1.54, 1.807) is 0 Å². The van der Waals surface area contributed by atoms with Crippen LogP contribution in [0.2, 0.25) is 0 Å². The Morgan fingerprint density at radius 3 is 2.33 bits per heavy atom. The monoisotopic (exact) mass is 124 g/mol. The lowest BCUT2D eigenvalue weighted by Gasteiger charge is -2.19. The molecule has 0 bridgehead atoms. The fraction of sp³-hybridized carbons (Fsp3) is 0.500. The van der Waals surface area contributed by atoms with E-state index in [2.05, 4.69) is 0 Å². The minimum Gasteiger partial charge on any atom is -0.382 e. The lowest BCUT2D eigenvalue weighted by atomic mass is 9.96. The van der Waals surface area contributed by atoms with Crippen molar-refractivity contribution >= 4 is 0 Å². The average molecular weight is 124 g/mol. The molecule has 0 saturated carbocycles. The zero-order valence-corrected chi connectivity index (χ0v) is 5.67. The molecule has 0 aromatic heterocycles. The number of allylic oxidation sites excluding steroid dienone is 2. The summed E-state index contributed by atoms with van der Waals surface area (Å²) in [6.45, 7) is 1.97. The summed E-state index contributed by atoms with van der Waals surface area (Å²) in [7, 11) is 0. The molecule has 1 aliphatic rings. The van der Waals surface area contributed by atoms with Gasteiger partial charge in [0.25, 0.3) is 0 Å². The molecule has 0 aromatic carbocycles. The Bertz CT molecular complexity index is 133. The highest BCUT2D eigenvalue weighted by atomic mass is 16.3. The van der Waals surface area contributed by atoms with Gasteiger partial charge in [0, 0.05) is 0 Å². The highest BCUT2D eigenvalue weighted by molar-refractivity contribution is 5.18. The Morgan fingerprint density at radius 2 is 2.00 bits per heavy atom. The maximum atomic E-state index is 9.51. The van der Waals surface area contributed by atoms with Gasteiger partial charge in [-0.05, 0) is 12.8 Å². The Hall–Kier alpha value is -0.560. The van der Waals surface area contributed by atoms with Crippen LogP contribution in [-0.4, -0.2) is 10.7 Å². The second-order valence-corrected chi connectivity index (χ2v) is 2.39. The zero-order valence-electron chi connectivity index (χ0n) is 5.67.